The van der Waals surface area contributed by atoms with Crippen LogP contribution in [0.25, 0.3) is 0 Å². The number of rotatable bonds is 2. The normalized spacial score (nSPS) is 11.9. The summed E-state index contributed by atoms with van der Waals surface area (Å²) in [6.45, 7) is 1.85. The summed E-state index contributed by atoms with van der Waals surface area (Å²) in [6, 6.07) is 7.86. The predicted molar refractivity (Wildman–Crippen MR) is 53.0 cm³/mol. The molecule has 2 bridgehead atoms. The summed E-state index contributed by atoms with van der Waals surface area (Å²) in [6.07, 6.45) is 1.02. The van der Waals surface area contributed by atoms with Gasteiger partial charge in [0.15, 0.2) is 0 Å². The third-order valence-electron chi connectivity index (χ3n) is 1.37. The van der Waals surface area contributed by atoms with E-state index in [9.17, 15) is 8.42 Å². The average molecular weight is 216 g/mol. The van der Waals surface area contributed by atoms with Crippen LogP contribution in [0.2, 0.25) is 0 Å². The van der Waals surface area contributed by atoms with E-state index in [1.54, 1.807) is 6.92 Å². The van der Waals surface area contributed by atoms with Gasteiger partial charge in [-0.05, 0) is 19.1 Å². The Kier molecular flexibility index (Phi) is 3.49. The summed E-state index contributed by atoms with van der Waals surface area (Å²) >= 11 is 0. The number of hydrogen-bond donors (Lipinski definition) is 0. The van der Waals surface area contributed by atoms with E-state index >= 15 is 0 Å². The second-order valence-electron chi connectivity index (χ2n) is 2.69. The third kappa shape index (κ3) is 3.76. The van der Waals surface area contributed by atoms with E-state index in [1.807, 2.05) is 24.3 Å². The van der Waals surface area contributed by atoms with Gasteiger partial charge in [-0.25, -0.2) is 0 Å². The Hall–Kier alpha value is -1.07. The van der Waals surface area contributed by atoms with Gasteiger partial charge in [-0.1, -0.05) is 6.07 Å². The molecular weight excluding hydrogens is 204 g/mol. The molecule has 0 spiro atoms. The molecule has 3 rings (SSSR count). The van der Waals surface area contributed by atoms with Crippen molar-refractivity contribution >= 4 is 10.1 Å². The van der Waals surface area contributed by atoms with Gasteiger partial charge in [0.1, 0.15) is 11.5 Å². The molecule has 5 heteroatoms. The Labute approximate surface area is 83.6 Å². The maximum Gasteiger partial charge on any atom is 0.264 e. The standard InChI is InChI=1S/C6H4O.C3H8O3S/c1-2-5-4-6(3-1)7-5;1-3-6-7(2,4)5/h1-4H;3H2,1-2H3. The van der Waals surface area contributed by atoms with E-state index in [1.165, 1.54) is 0 Å². The Morgan fingerprint density at radius 3 is 1.93 bits per heavy atom. The second-order valence-corrected chi connectivity index (χ2v) is 4.33. The second kappa shape index (κ2) is 4.43. The van der Waals surface area contributed by atoms with Crippen LogP contribution in [0, 0.1) is 0 Å². The van der Waals surface area contributed by atoms with E-state index in [-0.39, 0.29) is 6.61 Å². The fourth-order valence-electron chi connectivity index (χ4n) is 0.893. The summed E-state index contributed by atoms with van der Waals surface area (Å²) in [5.41, 5.74) is 0. The van der Waals surface area contributed by atoms with Crippen molar-refractivity contribution in [2.75, 3.05) is 12.9 Å². The quantitative estimate of drug-likeness (QED) is 0.718. The molecule has 0 aliphatic carbocycles. The maximum absolute atomic E-state index is 10.0. The highest BCUT2D eigenvalue weighted by atomic mass is 32.2. The Balaban J connectivity index is 0.000000140. The maximum atomic E-state index is 10.0. The van der Waals surface area contributed by atoms with Crippen LogP contribution in [0.3, 0.4) is 0 Å². The van der Waals surface area contributed by atoms with Crippen molar-refractivity contribution in [3.63, 3.8) is 0 Å². The van der Waals surface area contributed by atoms with Crippen molar-refractivity contribution < 1.29 is 17.3 Å². The number of benzene rings is 1. The van der Waals surface area contributed by atoms with Crippen LogP contribution in [0.4, 0.5) is 0 Å². The zero-order chi connectivity index (χ0) is 10.6. The van der Waals surface area contributed by atoms with Crippen molar-refractivity contribution in [2.24, 2.45) is 0 Å². The predicted octanol–water partition coefficient (Wildman–Crippen LogP) is 1.77. The largest absolute Gasteiger partial charge is 0.457 e. The molecule has 0 saturated heterocycles. The minimum absolute atomic E-state index is 0.221. The topological polar surface area (TPSA) is 52.6 Å². The van der Waals surface area contributed by atoms with Crippen molar-refractivity contribution in [3.05, 3.63) is 24.3 Å². The average Bonchev–Trinajstić information content (AvgIpc) is 2.03. The molecule has 0 amide bonds. The summed E-state index contributed by atoms with van der Waals surface area (Å²) in [7, 11) is -3.17. The first-order valence-electron chi connectivity index (χ1n) is 4.13. The molecule has 4 nitrogen and oxygen atoms in total. The molecule has 0 unspecified atom stereocenters. The van der Waals surface area contributed by atoms with Gasteiger partial charge < -0.3 is 4.74 Å². The van der Waals surface area contributed by atoms with Crippen LogP contribution in [0.5, 0.6) is 11.5 Å². The molecule has 0 N–H and O–H groups in total. The molecule has 14 heavy (non-hydrogen) atoms. The summed E-state index contributed by atoms with van der Waals surface area (Å²) in [4.78, 5) is 0. The third-order valence-corrected chi connectivity index (χ3v) is 2.04. The molecule has 78 valence electrons. The Bertz CT molecular complexity index is 372. The lowest BCUT2D eigenvalue weighted by molar-refractivity contribution is 0.342. The van der Waals surface area contributed by atoms with Crippen LogP contribution >= 0.6 is 0 Å². The van der Waals surface area contributed by atoms with Crippen molar-refractivity contribution in [3.8, 4) is 11.5 Å². The molecule has 0 radical (unpaired) electrons. The highest BCUT2D eigenvalue weighted by Crippen LogP contribution is 2.32. The molecule has 2 aliphatic heterocycles. The molecule has 0 atom stereocenters. The zero-order valence-corrected chi connectivity index (χ0v) is 8.87. The molecule has 0 fully saturated rings. The van der Waals surface area contributed by atoms with Crippen molar-refractivity contribution in [2.45, 2.75) is 6.92 Å². The zero-order valence-electron chi connectivity index (χ0n) is 8.06. The SMILES string of the molecule is CCOS(C)(=O)=O.c1cc2cc(c1)O2. The Morgan fingerprint density at radius 1 is 1.36 bits per heavy atom. The van der Waals surface area contributed by atoms with Crippen molar-refractivity contribution in [1.29, 1.82) is 0 Å². The van der Waals surface area contributed by atoms with Gasteiger partial charge in [0.05, 0.1) is 12.9 Å². The monoisotopic (exact) mass is 216 g/mol. The molecule has 2 aliphatic rings. The van der Waals surface area contributed by atoms with Crippen molar-refractivity contribution in [1.82, 2.24) is 0 Å². The highest BCUT2D eigenvalue weighted by Gasteiger charge is 2.05. The smallest absolute Gasteiger partial charge is 0.264 e. The number of hydrogen-bond acceptors (Lipinski definition) is 4. The van der Waals surface area contributed by atoms with Crippen LogP contribution < -0.4 is 4.74 Å². The van der Waals surface area contributed by atoms with E-state index in [0.717, 1.165) is 17.8 Å². The lowest BCUT2D eigenvalue weighted by Crippen LogP contribution is -2.00. The first-order chi connectivity index (χ1) is 6.51. The fraction of sp³-hybridized carbons (Fsp3) is 0.333. The first-order valence-corrected chi connectivity index (χ1v) is 5.95. The molecule has 1 aromatic rings. The minimum atomic E-state index is -3.17. The van der Waals surface area contributed by atoms with Crippen LogP contribution in [0.1, 0.15) is 6.92 Å². The summed E-state index contributed by atoms with van der Waals surface area (Å²) in [5.74, 6) is 1.97. The molecular formula is C9H12O4S. The van der Waals surface area contributed by atoms with Crippen LogP contribution in [-0.4, -0.2) is 21.3 Å². The van der Waals surface area contributed by atoms with E-state index in [2.05, 4.69) is 4.18 Å². The van der Waals surface area contributed by atoms with Gasteiger partial charge in [0.2, 0.25) is 0 Å². The summed E-state index contributed by atoms with van der Waals surface area (Å²) < 4.78 is 29.2. The van der Waals surface area contributed by atoms with Gasteiger partial charge in [-0.15, -0.1) is 0 Å². The van der Waals surface area contributed by atoms with Crippen LogP contribution in [0.15, 0.2) is 24.3 Å². The van der Waals surface area contributed by atoms with Gasteiger partial charge >= 0.3 is 0 Å². The number of ether oxygens (including phenoxy) is 1. The van der Waals surface area contributed by atoms with E-state index in [4.69, 9.17) is 4.74 Å². The highest BCUT2D eigenvalue weighted by molar-refractivity contribution is 7.85. The van der Waals surface area contributed by atoms with E-state index in [0.29, 0.717) is 0 Å². The minimum Gasteiger partial charge on any atom is -0.457 e. The van der Waals surface area contributed by atoms with Gasteiger partial charge in [-0.2, -0.15) is 8.42 Å². The lowest BCUT2D eigenvalue weighted by Gasteiger charge is -2.13. The van der Waals surface area contributed by atoms with E-state index < -0.39 is 10.1 Å². The molecule has 2 heterocycles. The van der Waals surface area contributed by atoms with Crippen LogP contribution in [-0.2, 0) is 14.3 Å². The molecule has 0 aromatic heterocycles. The van der Waals surface area contributed by atoms with Gasteiger partial charge in [0.25, 0.3) is 10.1 Å². The molecule has 1 aromatic carbocycles. The van der Waals surface area contributed by atoms with Gasteiger partial charge in [0, 0.05) is 6.07 Å². The lowest BCUT2D eigenvalue weighted by atomic mass is 10.2. The molecule has 0 saturated carbocycles. The fourth-order valence-corrected chi connectivity index (χ4v) is 1.32. The van der Waals surface area contributed by atoms with Gasteiger partial charge in [-0.3, -0.25) is 4.18 Å². The first kappa shape index (κ1) is 11.0. The Morgan fingerprint density at radius 2 is 1.86 bits per heavy atom. The number of fused-ring (bicyclic) bond motifs is 2. The summed E-state index contributed by atoms with van der Waals surface area (Å²) in [5, 5.41) is 0.